The van der Waals surface area contributed by atoms with Gasteiger partial charge in [0.25, 0.3) is 0 Å². The smallest absolute Gasteiger partial charge is 0.237 e. The van der Waals surface area contributed by atoms with Crippen molar-refractivity contribution in [1.29, 1.82) is 0 Å². The minimum atomic E-state index is -0.563. The Balaban J connectivity index is 2.45. The molecule has 0 fully saturated rings. The second kappa shape index (κ2) is 6.75. The zero-order valence-corrected chi connectivity index (χ0v) is 12.8. The Kier molecular flexibility index (Phi) is 5.57. The molecule has 0 aliphatic carbocycles. The lowest BCUT2D eigenvalue weighted by Gasteiger charge is -2.27. The Morgan fingerprint density at radius 1 is 1.30 bits per heavy atom. The molecule has 0 aliphatic heterocycles. The Hall–Kier alpha value is -1.55. The number of phenols is 1. The van der Waals surface area contributed by atoms with Gasteiger partial charge in [-0.05, 0) is 35.4 Å². The minimum absolute atomic E-state index is 0.130. The van der Waals surface area contributed by atoms with E-state index < -0.39 is 6.04 Å². The number of carbonyl (C=O) groups excluding carboxylic acids is 1. The van der Waals surface area contributed by atoms with E-state index in [1.54, 1.807) is 24.3 Å². The van der Waals surface area contributed by atoms with Gasteiger partial charge in [-0.2, -0.15) is 0 Å². The van der Waals surface area contributed by atoms with Crippen LogP contribution in [0.3, 0.4) is 0 Å². The van der Waals surface area contributed by atoms with Crippen LogP contribution in [0.25, 0.3) is 0 Å². The zero-order valence-electron chi connectivity index (χ0n) is 12.8. The second-order valence-corrected chi connectivity index (χ2v) is 6.49. The fraction of sp³-hybridized carbons (Fsp3) is 0.562. The number of amides is 1. The van der Waals surface area contributed by atoms with Crippen LogP contribution < -0.4 is 11.1 Å². The van der Waals surface area contributed by atoms with Gasteiger partial charge in [0.2, 0.25) is 5.91 Å². The number of benzene rings is 1. The number of carbonyl (C=O) groups is 1. The molecular weight excluding hydrogens is 252 g/mol. The topological polar surface area (TPSA) is 75.4 Å². The summed E-state index contributed by atoms with van der Waals surface area (Å²) in [5, 5.41) is 12.1. The van der Waals surface area contributed by atoms with Gasteiger partial charge in [-0.25, -0.2) is 0 Å². The van der Waals surface area contributed by atoms with Crippen LogP contribution in [0.15, 0.2) is 24.3 Å². The van der Waals surface area contributed by atoms with E-state index in [0.29, 0.717) is 18.9 Å². The third-order valence-electron chi connectivity index (χ3n) is 3.79. The molecule has 1 aromatic rings. The quantitative estimate of drug-likeness (QED) is 0.771. The van der Waals surface area contributed by atoms with Gasteiger partial charge in [0.05, 0.1) is 6.04 Å². The summed E-state index contributed by atoms with van der Waals surface area (Å²) < 4.78 is 0. The molecule has 0 aromatic heterocycles. The largest absolute Gasteiger partial charge is 0.508 e. The van der Waals surface area contributed by atoms with E-state index in [0.717, 1.165) is 5.56 Å². The number of rotatable bonds is 5. The average molecular weight is 278 g/mol. The van der Waals surface area contributed by atoms with Gasteiger partial charge >= 0.3 is 0 Å². The molecule has 4 nitrogen and oxygen atoms in total. The highest BCUT2D eigenvalue weighted by molar-refractivity contribution is 5.81. The summed E-state index contributed by atoms with van der Waals surface area (Å²) in [7, 11) is 0. The van der Waals surface area contributed by atoms with E-state index >= 15 is 0 Å². The van der Waals surface area contributed by atoms with Crippen molar-refractivity contribution in [3.8, 4) is 5.75 Å². The Labute approximate surface area is 121 Å². The molecule has 4 heteroatoms. The highest BCUT2D eigenvalue weighted by Gasteiger charge is 2.21. The molecule has 0 aliphatic rings. The summed E-state index contributed by atoms with van der Waals surface area (Å²) in [6, 6.07) is 6.19. The van der Waals surface area contributed by atoms with Crippen molar-refractivity contribution in [1.82, 2.24) is 5.32 Å². The summed E-state index contributed by atoms with van der Waals surface area (Å²) in [6.45, 7) is 9.21. The molecule has 1 aromatic carbocycles. The molecular formula is C16H26N2O2. The van der Waals surface area contributed by atoms with Crippen LogP contribution in [0.1, 0.15) is 33.3 Å². The monoisotopic (exact) mass is 278 g/mol. The number of aromatic hydroxyl groups is 1. The number of hydrogen-bond donors (Lipinski definition) is 3. The first-order valence-electron chi connectivity index (χ1n) is 7.01. The first-order chi connectivity index (χ1) is 9.20. The fourth-order valence-electron chi connectivity index (χ4n) is 1.67. The van der Waals surface area contributed by atoms with Crippen molar-refractivity contribution in [2.75, 3.05) is 6.54 Å². The number of nitrogens with one attached hydrogen (secondary N) is 1. The fourth-order valence-corrected chi connectivity index (χ4v) is 1.67. The zero-order chi connectivity index (χ0) is 15.3. The van der Waals surface area contributed by atoms with Crippen LogP contribution in [-0.4, -0.2) is 23.6 Å². The molecule has 1 unspecified atom stereocenters. The van der Waals surface area contributed by atoms with Crippen LogP contribution in [0.4, 0.5) is 0 Å². The normalized spacial score (nSPS) is 14.7. The van der Waals surface area contributed by atoms with Gasteiger partial charge < -0.3 is 16.2 Å². The van der Waals surface area contributed by atoms with Gasteiger partial charge in [0.15, 0.2) is 0 Å². The standard InChI is InChI=1S/C16H26N2O2/c1-11(16(2,3)4)10-18-15(20)14(17)9-12-5-7-13(19)8-6-12/h5-8,11,14,19H,9-10,17H2,1-4H3,(H,18,20)/t11?,14-/m1/s1. The number of hydrogen-bond acceptors (Lipinski definition) is 3. The lowest BCUT2D eigenvalue weighted by Crippen LogP contribution is -2.44. The average Bonchev–Trinajstić information content (AvgIpc) is 2.36. The lowest BCUT2D eigenvalue weighted by molar-refractivity contribution is -0.122. The van der Waals surface area contributed by atoms with Crippen molar-refractivity contribution < 1.29 is 9.90 Å². The van der Waals surface area contributed by atoms with Crippen molar-refractivity contribution in [3.63, 3.8) is 0 Å². The van der Waals surface area contributed by atoms with E-state index in [1.165, 1.54) is 0 Å². The number of nitrogens with two attached hydrogens (primary N) is 1. The summed E-state index contributed by atoms with van der Waals surface area (Å²) >= 11 is 0. The second-order valence-electron chi connectivity index (χ2n) is 6.49. The summed E-state index contributed by atoms with van der Waals surface area (Å²) in [4.78, 5) is 12.0. The third kappa shape index (κ3) is 5.21. The van der Waals surface area contributed by atoms with Crippen LogP contribution in [-0.2, 0) is 11.2 Å². The van der Waals surface area contributed by atoms with Gasteiger partial charge in [0.1, 0.15) is 5.75 Å². The predicted octanol–water partition coefficient (Wildman–Crippen LogP) is 2.06. The molecule has 0 saturated heterocycles. The highest BCUT2D eigenvalue weighted by Crippen LogP contribution is 2.24. The van der Waals surface area contributed by atoms with E-state index in [2.05, 4.69) is 33.0 Å². The van der Waals surface area contributed by atoms with Crippen LogP contribution in [0.5, 0.6) is 5.75 Å². The molecule has 112 valence electrons. The van der Waals surface area contributed by atoms with Crippen LogP contribution in [0.2, 0.25) is 0 Å². The molecule has 1 amide bonds. The Morgan fingerprint density at radius 3 is 2.35 bits per heavy atom. The molecule has 4 N–H and O–H groups in total. The molecule has 0 radical (unpaired) electrons. The third-order valence-corrected chi connectivity index (χ3v) is 3.79. The maximum atomic E-state index is 12.0. The first kappa shape index (κ1) is 16.5. The molecule has 1 rings (SSSR count). The van der Waals surface area contributed by atoms with Crippen LogP contribution in [0, 0.1) is 11.3 Å². The van der Waals surface area contributed by atoms with Gasteiger partial charge in [-0.1, -0.05) is 39.8 Å². The van der Waals surface area contributed by atoms with E-state index in [-0.39, 0.29) is 17.1 Å². The SMILES string of the molecule is CC(CNC(=O)[C@H](N)Cc1ccc(O)cc1)C(C)(C)C. The van der Waals surface area contributed by atoms with E-state index in [4.69, 9.17) is 5.73 Å². The molecule has 0 bridgehead atoms. The van der Waals surface area contributed by atoms with Gasteiger partial charge in [-0.3, -0.25) is 4.79 Å². The van der Waals surface area contributed by atoms with Crippen molar-refractivity contribution >= 4 is 5.91 Å². The summed E-state index contributed by atoms with van der Waals surface area (Å²) in [6.07, 6.45) is 0.468. The number of phenolic OH excluding ortho intramolecular Hbond substituents is 1. The molecule has 20 heavy (non-hydrogen) atoms. The molecule has 2 atom stereocenters. The highest BCUT2D eigenvalue weighted by atomic mass is 16.3. The van der Waals surface area contributed by atoms with Crippen molar-refractivity contribution in [2.24, 2.45) is 17.1 Å². The van der Waals surface area contributed by atoms with E-state index in [9.17, 15) is 9.90 Å². The van der Waals surface area contributed by atoms with Gasteiger partial charge in [0, 0.05) is 6.54 Å². The maximum absolute atomic E-state index is 12.0. The van der Waals surface area contributed by atoms with Crippen molar-refractivity contribution in [2.45, 2.75) is 40.2 Å². The van der Waals surface area contributed by atoms with E-state index in [1.807, 2.05) is 0 Å². The molecule has 0 saturated carbocycles. The van der Waals surface area contributed by atoms with Gasteiger partial charge in [-0.15, -0.1) is 0 Å². The molecule has 0 spiro atoms. The Morgan fingerprint density at radius 2 is 1.85 bits per heavy atom. The molecule has 0 heterocycles. The van der Waals surface area contributed by atoms with Crippen LogP contribution >= 0.6 is 0 Å². The maximum Gasteiger partial charge on any atom is 0.237 e. The minimum Gasteiger partial charge on any atom is -0.508 e. The summed E-state index contributed by atoms with van der Waals surface area (Å²) in [5.41, 5.74) is 7.01. The van der Waals surface area contributed by atoms with Crippen molar-refractivity contribution in [3.05, 3.63) is 29.8 Å². The lowest BCUT2D eigenvalue weighted by atomic mass is 9.82. The summed E-state index contributed by atoms with van der Waals surface area (Å²) in [5.74, 6) is 0.465. The predicted molar refractivity (Wildman–Crippen MR) is 81.4 cm³/mol. The Bertz CT molecular complexity index is 435. The first-order valence-corrected chi connectivity index (χ1v) is 7.01.